The molecule has 0 bridgehead atoms. The van der Waals surface area contributed by atoms with Crippen LogP contribution in [0.3, 0.4) is 0 Å². The summed E-state index contributed by atoms with van der Waals surface area (Å²) in [6.45, 7) is 4.00. The van der Waals surface area contributed by atoms with E-state index in [2.05, 4.69) is 0 Å². The predicted molar refractivity (Wildman–Crippen MR) is 52.1 cm³/mol. The number of aliphatic carboxylic acids is 2. The van der Waals surface area contributed by atoms with Gasteiger partial charge >= 0.3 is 11.9 Å². The highest BCUT2D eigenvalue weighted by atomic mass is 16.4. The van der Waals surface area contributed by atoms with Gasteiger partial charge in [-0.2, -0.15) is 0 Å². The average Bonchev–Trinajstić information content (AvgIpc) is 2.20. The summed E-state index contributed by atoms with van der Waals surface area (Å²) in [5.74, 6) is -3.28. The van der Waals surface area contributed by atoms with E-state index in [0.717, 1.165) is 12.8 Å². The maximum atomic E-state index is 10.6. The topological polar surface area (TPSA) is 74.6 Å². The van der Waals surface area contributed by atoms with E-state index in [1.54, 1.807) is 0 Å². The summed E-state index contributed by atoms with van der Waals surface area (Å²) in [5.41, 5.74) is 0. The highest BCUT2D eigenvalue weighted by molar-refractivity contribution is 5.80. The fourth-order valence-corrected chi connectivity index (χ4v) is 1.72. The van der Waals surface area contributed by atoms with Crippen molar-refractivity contribution in [1.82, 2.24) is 0 Å². The van der Waals surface area contributed by atoms with Crippen LogP contribution >= 0.6 is 0 Å². The molecular weight excluding hydrogens is 184 g/mol. The quantitative estimate of drug-likeness (QED) is 0.718. The van der Waals surface area contributed by atoms with E-state index in [1.807, 2.05) is 13.8 Å². The number of rotatable bonds is 2. The van der Waals surface area contributed by atoms with Crippen LogP contribution in [0.2, 0.25) is 0 Å². The Morgan fingerprint density at radius 3 is 1.43 bits per heavy atom. The van der Waals surface area contributed by atoms with Gasteiger partial charge in [0.05, 0.1) is 11.8 Å². The lowest BCUT2D eigenvalue weighted by molar-refractivity contribution is -0.155. The lowest BCUT2D eigenvalue weighted by atomic mass is 9.79. The highest BCUT2D eigenvalue weighted by Gasteiger charge is 2.35. The molecule has 0 aromatic carbocycles. The molecule has 2 atom stereocenters. The molecule has 1 saturated carbocycles. The molecule has 0 aliphatic heterocycles. The summed E-state index contributed by atoms with van der Waals surface area (Å²) in [4.78, 5) is 21.2. The van der Waals surface area contributed by atoms with Gasteiger partial charge in [0, 0.05) is 0 Å². The van der Waals surface area contributed by atoms with Crippen LogP contribution in [0.15, 0.2) is 0 Å². The molecule has 0 aromatic heterocycles. The van der Waals surface area contributed by atoms with Crippen molar-refractivity contribution < 1.29 is 19.8 Å². The van der Waals surface area contributed by atoms with Crippen LogP contribution in [0.5, 0.6) is 0 Å². The van der Waals surface area contributed by atoms with Crippen LogP contribution in [-0.2, 0) is 9.59 Å². The third-order valence-electron chi connectivity index (χ3n) is 2.40. The van der Waals surface area contributed by atoms with Gasteiger partial charge in [0.25, 0.3) is 0 Å². The van der Waals surface area contributed by atoms with Crippen molar-refractivity contribution in [2.24, 2.45) is 11.8 Å². The Morgan fingerprint density at radius 2 is 1.21 bits per heavy atom. The Hall–Kier alpha value is -1.06. The molecule has 0 aromatic rings. The Balaban J connectivity index is 0.000000791. The van der Waals surface area contributed by atoms with E-state index in [-0.39, 0.29) is 0 Å². The molecule has 82 valence electrons. The monoisotopic (exact) mass is 202 g/mol. The summed E-state index contributed by atoms with van der Waals surface area (Å²) in [5, 5.41) is 17.4. The molecular formula is C10H18O4. The first-order valence-corrected chi connectivity index (χ1v) is 5.08. The van der Waals surface area contributed by atoms with Crippen molar-refractivity contribution >= 4 is 11.9 Å². The molecule has 0 heterocycles. The molecule has 2 N–H and O–H groups in total. The molecule has 0 saturated heterocycles. The lowest BCUT2D eigenvalue weighted by Crippen LogP contribution is -2.32. The second-order valence-corrected chi connectivity index (χ2v) is 3.17. The van der Waals surface area contributed by atoms with Gasteiger partial charge in [-0.05, 0) is 12.8 Å². The molecule has 1 aliphatic carbocycles. The van der Waals surface area contributed by atoms with Crippen molar-refractivity contribution in [2.75, 3.05) is 0 Å². The summed E-state index contributed by atoms with van der Waals surface area (Å²) < 4.78 is 0. The molecule has 1 fully saturated rings. The van der Waals surface area contributed by atoms with Crippen LogP contribution < -0.4 is 0 Å². The number of hydrogen-bond donors (Lipinski definition) is 2. The standard InChI is InChI=1S/C8H12O4.C2H6/c9-7(10)5-3-1-2-4-6(5)8(11)12;1-2/h5-6H,1-4H2,(H,9,10)(H,11,12);1-2H3. The van der Waals surface area contributed by atoms with Gasteiger partial charge in [0.1, 0.15) is 0 Å². The van der Waals surface area contributed by atoms with Gasteiger partial charge in [-0.15, -0.1) is 0 Å². The van der Waals surface area contributed by atoms with E-state index in [9.17, 15) is 9.59 Å². The predicted octanol–water partition coefficient (Wildman–Crippen LogP) is 1.99. The Morgan fingerprint density at radius 1 is 0.929 bits per heavy atom. The number of carboxylic acid groups (broad SMARTS) is 2. The van der Waals surface area contributed by atoms with Gasteiger partial charge < -0.3 is 10.2 Å². The molecule has 4 nitrogen and oxygen atoms in total. The SMILES string of the molecule is CC.O=C(O)C1CCCCC1C(=O)O. The molecule has 0 spiro atoms. The van der Waals surface area contributed by atoms with Crippen LogP contribution in [0.25, 0.3) is 0 Å². The van der Waals surface area contributed by atoms with Crippen molar-refractivity contribution in [3.05, 3.63) is 0 Å². The smallest absolute Gasteiger partial charge is 0.307 e. The van der Waals surface area contributed by atoms with Crippen LogP contribution in [0.1, 0.15) is 39.5 Å². The lowest BCUT2D eigenvalue weighted by Gasteiger charge is -2.24. The molecule has 4 heteroatoms. The molecule has 14 heavy (non-hydrogen) atoms. The Labute approximate surface area is 83.9 Å². The van der Waals surface area contributed by atoms with E-state index < -0.39 is 23.8 Å². The molecule has 0 radical (unpaired) electrons. The van der Waals surface area contributed by atoms with E-state index in [0.29, 0.717) is 12.8 Å². The highest BCUT2D eigenvalue weighted by Crippen LogP contribution is 2.30. The molecule has 1 rings (SSSR count). The first-order valence-electron chi connectivity index (χ1n) is 5.08. The van der Waals surface area contributed by atoms with Gasteiger partial charge in [0.15, 0.2) is 0 Å². The third-order valence-corrected chi connectivity index (χ3v) is 2.40. The van der Waals surface area contributed by atoms with Crippen molar-refractivity contribution in [3.63, 3.8) is 0 Å². The fourth-order valence-electron chi connectivity index (χ4n) is 1.72. The minimum Gasteiger partial charge on any atom is -0.481 e. The minimum atomic E-state index is -0.970. The van der Waals surface area contributed by atoms with Crippen LogP contribution in [0.4, 0.5) is 0 Å². The first kappa shape index (κ1) is 12.9. The van der Waals surface area contributed by atoms with Crippen molar-refractivity contribution in [3.8, 4) is 0 Å². The zero-order valence-electron chi connectivity index (χ0n) is 8.69. The Bertz CT molecular complexity index is 178. The number of hydrogen-bond acceptors (Lipinski definition) is 2. The van der Waals surface area contributed by atoms with Gasteiger partial charge in [0.2, 0.25) is 0 Å². The normalized spacial score (nSPS) is 25.9. The van der Waals surface area contributed by atoms with Gasteiger partial charge in [-0.25, -0.2) is 0 Å². The summed E-state index contributed by atoms with van der Waals surface area (Å²) in [6, 6.07) is 0. The van der Waals surface area contributed by atoms with Crippen molar-refractivity contribution in [2.45, 2.75) is 39.5 Å². The summed E-state index contributed by atoms with van der Waals surface area (Å²) in [7, 11) is 0. The third kappa shape index (κ3) is 3.36. The summed E-state index contributed by atoms with van der Waals surface area (Å²) >= 11 is 0. The summed E-state index contributed by atoms with van der Waals surface area (Å²) in [6.07, 6.45) is 2.68. The zero-order chi connectivity index (χ0) is 11.1. The van der Waals surface area contributed by atoms with E-state index in [1.165, 1.54) is 0 Å². The zero-order valence-corrected chi connectivity index (χ0v) is 8.69. The largest absolute Gasteiger partial charge is 0.481 e. The van der Waals surface area contributed by atoms with Crippen molar-refractivity contribution in [1.29, 1.82) is 0 Å². The number of carbonyl (C=O) groups is 2. The molecule has 0 amide bonds. The second kappa shape index (κ2) is 6.40. The van der Waals surface area contributed by atoms with Gasteiger partial charge in [-0.3, -0.25) is 9.59 Å². The maximum Gasteiger partial charge on any atom is 0.307 e. The van der Waals surface area contributed by atoms with Crippen LogP contribution in [-0.4, -0.2) is 22.2 Å². The minimum absolute atomic E-state index is 0.506. The van der Waals surface area contributed by atoms with Gasteiger partial charge in [-0.1, -0.05) is 26.7 Å². The maximum absolute atomic E-state index is 10.6. The average molecular weight is 202 g/mol. The number of carboxylic acids is 2. The molecule has 1 aliphatic rings. The molecule has 2 unspecified atom stereocenters. The second-order valence-electron chi connectivity index (χ2n) is 3.17. The van der Waals surface area contributed by atoms with Crippen LogP contribution in [0, 0.1) is 11.8 Å². The Kier molecular flexibility index (Phi) is 5.92. The fraction of sp³-hybridized carbons (Fsp3) is 0.800. The first-order chi connectivity index (χ1) is 6.63. The van der Waals surface area contributed by atoms with E-state index >= 15 is 0 Å². The van der Waals surface area contributed by atoms with E-state index in [4.69, 9.17) is 10.2 Å².